The number of sulfonamides is 1. The van der Waals surface area contributed by atoms with E-state index in [1.54, 1.807) is 6.92 Å². The third-order valence-corrected chi connectivity index (χ3v) is 3.71. The number of halogens is 3. The van der Waals surface area contributed by atoms with Crippen LogP contribution < -0.4 is 10.5 Å². The van der Waals surface area contributed by atoms with Gasteiger partial charge in [0.25, 0.3) is 0 Å². The van der Waals surface area contributed by atoms with Crippen molar-refractivity contribution >= 4 is 21.5 Å². The highest BCUT2D eigenvalue weighted by atomic mass is 32.2. The van der Waals surface area contributed by atoms with E-state index >= 15 is 0 Å². The summed E-state index contributed by atoms with van der Waals surface area (Å²) in [5, 5.41) is 7.70. The van der Waals surface area contributed by atoms with Gasteiger partial charge in [-0.05, 0) is 36.8 Å². The highest BCUT2D eigenvalue weighted by molar-refractivity contribution is 7.89. The smallest absolute Gasteiger partial charge is 0.340 e. The number of rotatable bonds is 3. The molecule has 0 unspecified atom stereocenters. The van der Waals surface area contributed by atoms with Crippen LogP contribution >= 0.6 is 0 Å². The van der Waals surface area contributed by atoms with Crippen molar-refractivity contribution in [2.24, 2.45) is 5.14 Å². The van der Waals surface area contributed by atoms with E-state index in [0.717, 1.165) is 18.3 Å². The van der Waals surface area contributed by atoms with Crippen LogP contribution in [0.5, 0.6) is 0 Å². The number of pyridine rings is 1. The largest absolute Gasteiger partial charge is 0.416 e. The molecule has 22 heavy (non-hydrogen) atoms. The first-order valence-electron chi connectivity index (χ1n) is 6.01. The molecule has 0 bridgehead atoms. The van der Waals surface area contributed by atoms with Crippen molar-refractivity contribution in [2.45, 2.75) is 18.0 Å². The van der Waals surface area contributed by atoms with Crippen LogP contribution in [-0.2, 0) is 16.2 Å². The summed E-state index contributed by atoms with van der Waals surface area (Å²) in [6, 6.07) is 5.89. The second-order valence-electron chi connectivity index (χ2n) is 4.59. The quantitative estimate of drug-likeness (QED) is 0.906. The number of aromatic nitrogens is 1. The molecule has 0 fully saturated rings. The average molecular weight is 331 g/mol. The molecule has 118 valence electrons. The molecule has 0 aliphatic rings. The normalized spacial score (nSPS) is 12.2. The lowest BCUT2D eigenvalue weighted by Crippen LogP contribution is -2.13. The molecule has 2 rings (SSSR count). The summed E-state index contributed by atoms with van der Waals surface area (Å²) in [4.78, 5) is 3.71. The molecule has 3 N–H and O–H groups in total. The van der Waals surface area contributed by atoms with E-state index in [-0.39, 0.29) is 16.4 Å². The van der Waals surface area contributed by atoms with Gasteiger partial charge >= 0.3 is 6.18 Å². The zero-order valence-corrected chi connectivity index (χ0v) is 12.2. The van der Waals surface area contributed by atoms with Gasteiger partial charge in [0.05, 0.1) is 5.56 Å². The SMILES string of the molecule is Cc1cc(S(N)(=O)=O)cnc1Nc1cccc(C(F)(F)F)c1. The Hall–Kier alpha value is -2.13. The maximum Gasteiger partial charge on any atom is 0.416 e. The van der Waals surface area contributed by atoms with Gasteiger partial charge in [0.15, 0.2) is 0 Å². The molecule has 1 aromatic heterocycles. The predicted molar refractivity (Wildman–Crippen MR) is 75.1 cm³/mol. The minimum atomic E-state index is -4.45. The lowest BCUT2D eigenvalue weighted by Gasteiger charge is -2.12. The van der Waals surface area contributed by atoms with Crippen molar-refractivity contribution in [3.8, 4) is 0 Å². The Morgan fingerprint density at radius 1 is 1.23 bits per heavy atom. The van der Waals surface area contributed by atoms with Crippen molar-refractivity contribution in [3.63, 3.8) is 0 Å². The lowest BCUT2D eigenvalue weighted by atomic mass is 10.2. The van der Waals surface area contributed by atoms with Crippen LogP contribution in [0.25, 0.3) is 0 Å². The topological polar surface area (TPSA) is 85.1 Å². The van der Waals surface area contributed by atoms with Crippen LogP contribution in [-0.4, -0.2) is 13.4 Å². The van der Waals surface area contributed by atoms with Crippen LogP contribution in [0.4, 0.5) is 24.7 Å². The molecule has 0 aliphatic heterocycles. The summed E-state index contributed by atoms with van der Waals surface area (Å²) >= 11 is 0. The van der Waals surface area contributed by atoms with E-state index in [2.05, 4.69) is 10.3 Å². The van der Waals surface area contributed by atoms with Gasteiger partial charge < -0.3 is 5.32 Å². The first-order chi connectivity index (χ1) is 10.1. The van der Waals surface area contributed by atoms with E-state index in [9.17, 15) is 21.6 Å². The van der Waals surface area contributed by atoms with Gasteiger partial charge in [0, 0.05) is 11.9 Å². The van der Waals surface area contributed by atoms with Crippen LogP contribution in [0.2, 0.25) is 0 Å². The number of primary sulfonamides is 1. The second-order valence-corrected chi connectivity index (χ2v) is 6.15. The Kier molecular flexibility index (Phi) is 4.12. The van der Waals surface area contributed by atoms with E-state index in [0.29, 0.717) is 5.56 Å². The molecule has 0 saturated heterocycles. The standard InChI is InChI=1S/C13H12F3N3O2S/c1-8-5-11(22(17,20)21)7-18-12(8)19-10-4-2-3-9(6-10)13(14,15)16/h2-7H,1H3,(H,18,19)(H2,17,20,21). The maximum absolute atomic E-state index is 12.6. The summed E-state index contributed by atoms with van der Waals surface area (Å²) < 4.78 is 60.3. The van der Waals surface area contributed by atoms with Crippen LogP contribution in [0.3, 0.4) is 0 Å². The molecule has 2 aromatic rings. The van der Waals surface area contributed by atoms with Gasteiger partial charge in [-0.25, -0.2) is 18.5 Å². The Morgan fingerprint density at radius 3 is 2.45 bits per heavy atom. The zero-order chi connectivity index (χ0) is 16.5. The first-order valence-corrected chi connectivity index (χ1v) is 7.56. The molecule has 0 atom stereocenters. The number of nitrogens with two attached hydrogens (primary N) is 1. The number of aryl methyl sites for hydroxylation is 1. The molecular weight excluding hydrogens is 319 g/mol. The van der Waals surface area contributed by atoms with Crippen LogP contribution in [0.1, 0.15) is 11.1 Å². The maximum atomic E-state index is 12.6. The van der Waals surface area contributed by atoms with Crippen molar-refractivity contribution in [2.75, 3.05) is 5.32 Å². The van der Waals surface area contributed by atoms with Gasteiger partial charge in [0.1, 0.15) is 10.7 Å². The van der Waals surface area contributed by atoms with Crippen molar-refractivity contribution in [3.05, 3.63) is 47.7 Å². The monoisotopic (exact) mass is 331 g/mol. The minimum Gasteiger partial charge on any atom is -0.340 e. The summed E-state index contributed by atoms with van der Waals surface area (Å²) in [7, 11) is -3.88. The fourth-order valence-electron chi connectivity index (χ4n) is 1.75. The summed E-state index contributed by atoms with van der Waals surface area (Å²) in [6.45, 7) is 1.57. The zero-order valence-electron chi connectivity index (χ0n) is 11.3. The third kappa shape index (κ3) is 3.74. The van der Waals surface area contributed by atoms with Crippen LogP contribution in [0, 0.1) is 6.92 Å². The molecule has 0 spiro atoms. The van der Waals surface area contributed by atoms with Crippen molar-refractivity contribution in [1.29, 1.82) is 0 Å². The number of benzene rings is 1. The number of hydrogen-bond acceptors (Lipinski definition) is 4. The van der Waals surface area contributed by atoms with E-state index in [4.69, 9.17) is 5.14 Å². The fourth-order valence-corrected chi connectivity index (χ4v) is 2.29. The predicted octanol–water partition coefficient (Wildman–Crippen LogP) is 2.80. The van der Waals surface area contributed by atoms with Crippen molar-refractivity contribution in [1.82, 2.24) is 4.98 Å². The highest BCUT2D eigenvalue weighted by Crippen LogP contribution is 2.31. The molecule has 0 amide bonds. The Labute approximate surface area is 125 Å². The molecular formula is C13H12F3N3O2S. The van der Waals surface area contributed by atoms with E-state index in [1.807, 2.05) is 0 Å². The first kappa shape index (κ1) is 16.2. The lowest BCUT2D eigenvalue weighted by molar-refractivity contribution is -0.137. The number of hydrogen-bond donors (Lipinski definition) is 2. The average Bonchev–Trinajstić information content (AvgIpc) is 2.39. The second kappa shape index (κ2) is 5.58. The number of nitrogens with one attached hydrogen (secondary N) is 1. The molecule has 0 saturated carbocycles. The molecule has 0 aliphatic carbocycles. The highest BCUT2D eigenvalue weighted by Gasteiger charge is 2.30. The Balaban J connectivity index is 2.32. The fraction of sp³-hybridized carbons (Fsp3) is 0.154. The van der Waals surface area contributed by atoms with Crippen molar-refractivity contribution < 1.29 is 21.6 Å². The Bertz CT molecular complexity index is 804. The van der Waals surface area contributed by atoms with E-state index < -0.39 is 21.8 Å². The van der Waals surface area contributed by atoms with Crippen LogP contribution in [0.15, 0.2) is 41.4 Å². The van der Waals surface area contributed by atoms with Gasteiger partial charge in [-0.3, -0.25) is 0 Å². The molecule has 1 heterocycles. The van der Waals surface area contributed by atoms with Gasteiger partial charge in [-0.15, -0.1) is 0 Å². The number of anilines is 2. The molecule has 5 nitrogen and oxygen atoms in total. The summed E-state index contributed by atoms with van der Waals surface area (Å²) in [5.74, 6) is 0.242. The summed E-state index contributed by atoms with van der Waals surface area (Å²) in [5.41, 5.74) is -0.172. The van der Waals surface area contributed by atoms with Gasteiger partial charge in [-0.1, -0.05) is 6.07 Å². The minimum absolute atomic E-state index is 0.167. The summed E-state index contributed by atoms with van der Waals surface area (Å²) in [6.07, 6.45) is -3.41. The van der Waals surface area contributed by atoms with Gasteiger partial charge in [-0.2, -0.15) is 13.2 Å². The number of alkyl halides is 3. The Morgan fingerprint density at radius 2 is 1.91 bits per heavy atom. The van der Waals surface area contributed by atoms with Gasteiger partial charge in [0.2, 0.25) is 10.0 Å². The van der Waals surface area contributed by atoms with E-state index in [1.165, 1.54) is 18.2 Å². The molecule has 9 heteroatoms. The third-order valence-electron chi connectivity index (χ3n) is 2.83. The number of nitrogens with zero attached hydrogens (tertiary/aromatic N) is 1. The molecule has 1 aromatic carbocycles. The molecule has 0 radical (unpaired) electrons.